The Balaban J connectivity index is 1.95. The Hall–Kier alpha value is -3.39. The van der Waals surface area contributed by atoms with Crippen molar-refractivity contribution in [3.05, 3.63) is 90.1 Å². The van der Waals surface area contributed by atoms with Crippen molar-refractivity contribution >= 4 is 21.8 Å². The molecule has 0 N–H and O–H groups in total. The Kier molecular flexibility index (Phi) is 3.80. The predicted octanol–water partition coefficient (Wildman–Crippen LogP) is 6.68. The summed E-state index contributed by atoms with van der Waals surface area (Å²) in [7, 11) is 2.13. The predicted molar refractivity (Wildman–Crippen MR) is 119 cm³/mol. The van der Waals surface area contributed by atoms with E-state index in [-0.39, 0.29) is 0 Å². The van der Waals surface area contributed by atoms with Crippen molar-refractivity contribution in [2.45, 2.75) is 13.8 Å². The normalized spacial score (nSPS) is 11.4. The maximum atomic E-state index is 5.16. The molecule has 2 aromatic heterocycles. The van der Waals surface area contributed by atoms with Gasteiger partial charge in [-0.2, -0.15) is 0 Å². The summed E-state index contributed by atoms with van der Waals surface area (Å²) in [4.78, 5) is 5.16. The Morgan fingerprint density at radius 1 is 0.750 bits per heavy atom. The lowest BCUT2D eigenvalue weighted by Gasteiger charge is -2.12. The third kappa shape index (κ3) is 2.45. The summed E-state index contributed by atoms with van der Waals surface area (Å²) in [6, 6.07) is 27.7. The number of aromatic nitrogens is 2. The zero-order valence-corrected chi connectivity index (χ0v) is 16.4. The van der Waals surface area contributed by atoms with Crippen molar-refractivity contribution in [3.63, 3.8) is 0 Å². The number of hydrogen-bond donors (Lipinski definition) is 0. The smallest absolute Gasteiger partial charge is 0.0812 e. The minimum atomic E-state index is 1.01. The van der Waals surface area contributed by atoms with E-state index in [1.807, 2.05) is 6.07 Å². The molecule has 0 radical (unpaired) electrons. The monoisotopic (exact) mass is 362 g/mol. The van der Waals surface area contributed by atoms with Crippen LogP contribution >= 0.6 is 0 Å². The van der Waals surface area contributed by atoms with E-state index in [4.69, 9.17) is 4.98 Å². The third-order valence-electron chi connectivity index (χ3n) is 5.90. The van der Waals surface area contributed by atoms with Crippen LogP contribution in [0.2, 0.25) is 0 Å². The summed E-state index contributed by atoms with van der Waals surface area (Å²) in [5.41, 5.74) is 9.52. The van der Waals surface area contributed by atoms with Crippen LogP contribution in [0.1, 0.15) is 11.3 Å². The van der Waals surface area contributed by atoms with Gasteiger partial charge in [0.15, 0.2) is 0 Å². The van der Waals surface area contributed by atoms with Gasteiger partial charge in [-0.05, 0) is 42.7 Å². The molecule has 136 valence electrons. The van der Waals surface area contributed by atoms with Crippen LogP contribution in [0.15, 0.2) is 78.9 Å². The first-order valence-electron chi connectivity index (χ1n) is 9.65. The number of nitrogens with zero attached hydrogens (tertiary/aromatic N) is 2. The van der Waals surface area contributed by atoms with E-state index in [2.05, 4.69) is 98.3 Å². The lowest BCUT2D eigenvalue weighted by atomic mass is 9.96. The maximum Gasteiger partial charge on any atom is 0.0812 e. The van der Waals surface area contributed by atoms with Gasteiger partial charge in [0.05, 0.1) is 16.7 Å². The number of rotatable bonds is 2. The number of hydrogen-bond acceptors (Lipinski definition) is 1. The van der Waals surface area contributed by atoms with Crippen LogP contribution < -0.4 is 0 Å². The Morgan fingerprint density at radius 2 is 1.39 bits per heavy atom. The highest BCUT2D eigenvalue weighted by atomic mass is 14.9. The van der Waals surface area contributed by atoms with E-state index >= 15 is 0 Å². The van der Waals surface area contributed by atoms with E-state index in [0.29, 0.717) is 0 Å². The summed E-state index contributed by atoms with van der Waals surface area (Å²) >= 11 is 0. The van der Waals surface area contributed by atoms with Crippen molar-refractivity contribution in [2.75, 3.05) is 0 Å². The minimum Gasteiger partial charge on any atom is -0.348 e. The number of aryl methyl sites for hydroxylation is 2. The molecule has 0 amide bonds. The quantitative estimate of drug-likeness (QED) is 0.342. The van der Waals surface area contributed by atoms with Gasteiger partial charge in [0.25, 0.3) is 0 Å². The molecule has 0 fully saturated rings. The van der Waals surface area contributed by atoms with Gasteiger partial charge in [0, 0.05) is 29.1 Å². The topological polar surface area (TPSA) is 17.8 Å². The van der Waals surface area contributed by atoms with Crippen LogP contribution in [0.5, 0.6) is 0 Å². The SMILES string of the molecule is Cc1c(C)n(C)c2ccc3c(-c4ccccc4)cc(-c4ccccc4)nc3c12. The van der Waals surface area contributed by atoms with Crippen LogP contribution in [0.4, 0.5) is 0 Å². The molecule has 3 aromatic carbocycles. The van der Waals surface area contributed by atoms with Gasteiger partial charge >= 0.3 is 0 Å². The van der Waals surface area contributed by atoms with Gasteiger partial charge in [-0.15, -0.1) is 0 Å². The van der Waals surface area contributed by atoms with Crippen molar-refractivity contribution < 1.29 is 0 Å². The van der Waals surface area contributed by atoms with Crippen molar-refractivity contribution in [2.24, 2.45) is 7.05 Å². The molecule has 28 heavy (non-hydrogen) atoms. The summed E-state index contributed by atoms with van der Waals surface area (Å²) in [6.45, 7) is 4.39. The Bertz CT molecular complexity index is 1310. The first-order valence-corrected chi connectivity index (χ1v) is 9.65. The largest absolute Gasteiger partial charge is 0.348 e. The number of pyridine rings is 1. The summed E-state index contributed by atoms with van der Waals surface area (Å²) in [5, 5.41) is 2.46. The van der Waals surface area contributed by atoms with Crippen molar-refractivity contribution in [1.29, 1.82) is 0 Å². The molecule has 0 atom stereocenters. The first-order chi connectivity index (χ1) is 13.6. The van der Waals surface area contributed by atoms with Crippen molar-refractivity contribution in [3.8, 4) is 22.4 Å². The second kappa shape index (κ2) is 6.35. The van der Waals surface area contributed by atoms with E-state index in [1.165, 1.54) is 38.7 Å². The van der Waals surface area contributed by atoms with Gasteiger partial charge in [-0.1, -0.05) is 66.7 Å². The third-order valence-corrected chi connectivity index (χ3v) is 5.90. The molecular formula is C26H22N2. The molecule has 0 bridgehead atoms. The molecular weight excluding hydrogens is 340 g/mol. The Labute approximate surface area is 165 Å². The molecule has 0 aliphatic carbocycles. The number of benzene rings is 3. The van der Waals surface area contributed by atoms with Gasteiger partial charge in [-0.25, -0.2) is 4.98 Å². The highest BCUT2D eigenvalue weighted by molar-refractivity contribution is 6.12. The molecule has 0 saturated carbocycles. The molecule has 0 saturated heterocycles. The molecule has 5 aromatic rings. The summed E-state index contributed by atoms with van der Waals surface area (Å²) in [6.07, 6.45) is 0. The highest BCUT2D eigenvalue weighted by Crippen LogP contribution is 2.37. The number of fused-ring (bicyclic) bond motifs is 3. The Morgan fingerprint density at radius 3 is 2.07 bits per heavy atom. The van der Waals surface area contributed by atoms with E-state index in [9.17, 15) is 0 Å². The average Bonchev–Trinajstić information content (AvgIpc) is 2.98. The first kappa shape index (κ1) is 16.8. The summed E-state index contributed by atoms with van der Waals surface area (Å²) in [5.74, 6) is 0. The van der Waals surface area contributed by atoms with Crippen LogP contribution in [0.3, 0.4) is 0 Å². The van der Waals surface area contributed by atoms with E-state index in [1.54, 1.807) is 0 Å². The zero-order valence-electron chi connectivity index (χ0n) is 16.4. The fourth-order valence-electron chi connectivity index (χ4n) is 4.16. The second-order valence-electron chi connectivity index (χ2n) is 7.41. The van der Waals surface area contributed by atoms with Crippen LogP contribution in [0, 0.1) is 13.8 Å². The van der Waals surface area contributed by atoms with Gasteiger partial charge < -0.3 is 4.57 Å². The van der Waals surface area contributed by atoms with Crippen molar-refractivity contribution in [1.82, 2.24) is 9.55 Å². The highest BCUT2D eigenvalue weighted by Gasteiger charge is 2.16. The van der Waals surface area contributed by atoms with Crippen LogP contribution in [0.25, 0.3) is 44.2 Å². The lowest BCUT2D eigenvalue weighted by molar-refractivity contribution is 0.910. The maximum absolute atomic E-state index is 5.16. The summed E-state index contributed by atoms with van der Waals surface area (Å²) < 4.78 is 2.27. The molecule has 2 heterocycles. The molecule has 0 unspecified atom stereocenters. The van der Waals surface area contributed by atoms with E-state index < -0.39 is 0 Å². The van der Waals surface area contributed by atoms with Gasteiger partial charge in [0.1, 0.15) is 0 Å². The van der Waals surface area contributed by atoms with Gasteiger partial charge in [-0.3, -0.25) is 0 Å². The second-order valence-corrected chi connectivity index (χ2v) is 7.41. The van der Waals surface area contributed by atoms with E-state index in [0.717, 1.165) is 16.8 Å². The standard InChI is InChI=1S/C26H22N2/c1-17-18(2)28(3)24-15-14-21-22(19-10-6-4-7-11-19)16-23(27-26(21)25(17)24)20-12-8-5-9-13-20/h4-16H,1-3H3. The minimum absolute atomic E-state index is 1.01. The molecule has 5 rings (SSSR count). The molecule has 0 aliphatic heterocycles. The fraction of sp³-hybridized carbons (Fsp3) is 0.115. The average molecular weight is 362 g/mol. The zero-order chi connectivity index (χ0) is 19.3. The van der Waals surface area contributed by atoms with Crippen LogP contribution in [-0.2, 0) is 7.05 Å². The fourth-order valence-corrected chi connectivity index (χ4v) is 4.16. The molecule has 2 nitrogen and oxygen atoms in total. The lowest BCUT2D eigenvalue weighted by Crippen LogP contribution is -1.92. The molecule has 0 spiro atoms. The van der Waals surface area contributed by atoms with Gasteiger partial charge in [0.2, 0.25) is 0 Å². The van der Waals surface area contributed by atoms with Crippen LogP contribution in [-0.4, -0.2) is 9.55 Å². The molecule has 0 aliphatic rings. The molecule has 2 heteroatoms.